The zero-order valence-corrected chi connectivity index (χ0v) is 11.2. The average Bonchev–Trinajstić information content (AvgIpc) is 2.37. The van der Waals surface area contributed by atoms with Crippen LogP contribution in [0.15, 0.2) is 18.2 Å². The Morgan fingerprint density at radius 1 is 1.58 bits per heavy atom. The summed E-state index contributed by atoms with van der Waals surface area (Å²) in [7, 11) is 0. The van der Waals surface area contributed by atoms with E-state index in [0.29, 0.717) is 13.1 Å². The number of carbonyl (C=O) groups excluding carboxylic acids is 1. The van der Waals surface area contributed by atoms with Gasteiger partial charge in [-0.3, -0.25) is 4.79 Å². The monoisotopic (exact) mass is 287 g/mol. The van der Waals surface area contributed by atoms with Crippen molar-refractivity contribution in [2.75, 3.05) is 19.0 Å². The highest BCUT2D eigenvalue weighted by Crippen LogP contribution is 2.23. The fourth-order valence-corrected chi connectivity index (χ4v) is 2.35. The molecule has 2 atom stereocenters. The van der Waals surface area contributed by atoms with Crippen LogP contribution in [-0.4, -0.2) is 47.1 Å². The SMILES string of the molecule is CC1CN(C(=O)c2c(O)cccc2F)CC(CCl)O1. The van der Waals surface area contributed by atoms with Crippen molar-refractivity contribution in [2.24, 2.45) is 0 Å². The maximum absolute atomic E-state index is 13.7. The summed E-state index contributed by atoms with van der Waals surface area (Å²) in [6.07, 6.45) is -0.446. The van der Waals surface area contributed by atoms with Gasteiger partial charge in [-0.2, -0.15) is 0 Å². The van der Waals surface area contributed by atoms with Gasteiger partial charge in [-0.05, 0) is 19.1 Å². The number of phenolic OH excluding ortho intramolecular Hbond substituents is 1. The van der Waals surface area contributed by atoms with Crippen LogP contribution in [0, 0.1) is 5.82 Å². The Hall–Kier alpha value is -1.33. The minimum absolute atomic E-state index is 0.171. The Bertz CT molecular complexity index is 463. The van der Waals surface area contributed by atoms with Gasteiger partial charge in [0.15, 0.2) is 0 Å². The molecule has 2 rings (SSSR count). The summed E-state index contributed by atoms with van der Waals surface area (Å²) in [4.78, 5) is 13.7. The van der Waals surface area contributed by atoms with Gasteiger partial charge >= 0.3 is 0 Å². The number of hydrogen-bond acceptors (Lipinski definition) is 3. The Balaban J connectivity index is 2.24. The van der Waals surface area contributed by atoms with Gasteiger partial charge in [0.1, 0.15) is 17.1 Å². The molecule has 0 saturated carbocycles. The highest BCUT2D eigenvalue weighted by Gasteiger charge is 2.30. The number of halogens is 2. The molecule has 0 aliphatic carbocycles. The summed E-state index contributed by atoms with van der Waals surface area (Å²) >= 11 is 5.74. The minimum Gasteiger partial charge on any atom is -0.507 e. The Morgan fingerprint density at radius 2 is 2.32 bits per heavy atom. The van der Waals surface area contributed by atoms with Gasteiger partial charge in [-0.15, -0.1) is 11.6 Å². The number of morpholine rings is 1. The van der Waals surface area contributed by atoms with E-state index in [9.17, 15) is 14.3 Å². The van der Waals surface area contributed by atoms with Crippen molar-refractivity contribution in [1.82, 2.24) is 4.90 Å². The zero-order chi connectivity index (χ0) is 14.0. The van der Waals surface area contributed by atoms with E-state index in [2.05, 4.69) is 0 Å². The summed E-state index contributed by atoms with van der Waals surface area (Å²) in [6, 6.07) is 3.79. The third-order valence-corrected chi connectivity index (χ3v) is 3.34. The highest BCUT2D eigenvalue weighted by atomic mass is 35.5. The first-order valence-electron chi connectivity index (χ1n) is 6.01. The van der Waals surface area contributed by atoms with Crippen LogP contribution in [0.25, 0.3) is 0 Å². The van der Waals surface area contributed by atoms with Crippen LogP contribution in [0.1, 0.15) is 17.3 Å². The summed E-state index contributed by atoms with van der Waals surface area (Å²) in [6.45, 7) is 2.46. The molecule has 1 aliphatic rings. The number of carbonyl (C=O) groups is 1. The van der Waals surface area contributed by atoms with Gasteiger partial charge < -0.3 is 14.7 Å². The fourth-order valence-electron chi connectivity index (χ4n) is 2.18. The quantitative estimate of drug-likeness (QED) is 0.847. The lowest BCUT2D eigenvalue weighted by Gasteiger charge is -2.36. The second kappa shape index (κ2) is 5.75. The number of benzene rings is 1. The van der Waals surface area contributed by atoms with Gasteiger partial charge in [-0.25, -0.2) is 4.39 Å². The summed E-state index contributed by atoms with van der Waals surface area (Å²) in [5.74, 6) is -1.36. The van der Waals surface area contributed by atoms with Gasteiger partial charge in [0.25, 0.3) is 5.91 Å². The molecule has 6 heteroatoms. The van der Waals surface area contributed by atoms with Crippen molar-refractivity contribution in [3.05, 3.63) is 29.6 Å². The molecular formula is C13H15ClFNO3. The molecule has 1 saturated heterocycles. The molecule has 1 fully saturated rings. The second-order valence-electron chi connectivity index (χ2n) is 4.57. The van der Waals surface area contributed by atoms with Crippen LogP contribution in [0.5, 0.6) is 5.75 Å². The standard InChI is InChI=1S/C13H15ClFNO3/c1-8-6-16(7-9(5-14)19-8)13(18)12-10(15)3-2-4-11(12)17/h2-4,8-9,17H,5-7H2,1H3. The van der Waals surface area contributed by atoms with Crippen molar-refractivity contribution >= 4 is 17.5 Å². The van der Waals surface area contributed by atoms with E-state index < -0.39 is 11.7 Å². The molecule has 19 heavy (non-hydrogen) atoms. The summed E-state index contributed by atoms with van der Waals surface area (Å²) < 4.78 is 19.2. The number of hydrogen-bond donors (Lipinski definition) is 1. The minimum atomic E-state index is -0.730. The smallest absolute Gasteiger partial charge is 0.260 e. The maximum atomic E-state index is 13.7. The molecule has 1 aliphatic heterocycles. The largest absolute Gasteiger partial charge is 0.507 e. The molecule has 0 radical (unpaired) electrons. The molecule has 1 aromatic carbocycles. The van der Waals surface area contributed by atoms with Crippen LogP contribution in [0.3, 0.4) is 0 Å². The van der Waals surface area contributed by atoms with E-state index in [1.165, 1.54) is 17.0 Å². The van der Waals surface area contributed by atoms with Crippen molar-refractivity contribution < 1.29 is 19.0 Å². The maximum Gasteiger partial charge on any atom is 0.260 e. The lowest BCUT2D eigenvalue weighted by atomic mass is 10.1. The van der Waals surface area contributed by atoms with E-state index in [4.69, 9.17) is 16.3 Å². The lowest BCUT2D eigenvalue weighted by molar-refractivity contribution is -0.0572. The predicted molar refractivity (Wildman–Crippen MR) is 69.0 cm³/mol. The summed E-state index contributed by atoms with van der Waals surface area (Å²) in [5, 5.41) is 9.64. The van der Waals surface area contributed by atoms with Crippen LogP contribution in [0.2, 0.25) is 0 Å². The normalized spacial score (nSPS) is 23.4. The average molecular weight is 288 g/mol. The third-order valence-electron chi connectivity index (χ3n) is 2.99. The molecule has 0 spiro atoms. The molecule has 2 unspecified atom stereocenters. The molecule has 1 heterocycles. The number of ether oxygens (including phenoxy) is 1. The first-order chi connectivity index (χ1) is 9.02. The third kappa shape index (κ3) is 2.98. The van der Waals surface area contributed by atoms with Crippen LogP contribution >= 0.6 is 11.6 Å². The second-order valence-corrected chi connectivity index (χ2v) is 4.88. The molecule has 0 aromatic heterocycles. The lowest BCUT2D eigenvalue weighted by Crippen LogP contribution is -2.50. The van der Waals surface area contributed by atoms with E-state index in [1.807, 2.05) is 6.92 Å². The van der Waals surface area contributed by atoms with Gasteiger partial charge in [-0.1, -0.05) is 6.07 Å². The molecular weight excluding hydrogens is 273 g/mol. The molecule has 1 N–H and O–H groups in total. The number of aromatic hydroxyl groups is 1. The zero-order valence-electron chi connectivity index (χ0n) is 10.5. The van der Waals surface area contributed by atoms with Crippen LogP contribution < -0.4 is 0 Å². The molecule has 104 valence electrons. The number of phenols is 1. The van der Waals surface area contributed by atoms with Crippen molar-refractivity contribution in [3.63, 3.8) is 0 Å². The molecule has 0 bridgehead atoms. The topological polar surface area (TPSA) is 49.8 Å². The first-order valence-corrected chi connectivity index (χ1v) is 6.54. The van der Waals surface area contributed by atoms with Gasteiger partial charge in [0.05, 0.1) is 18.1 Å². The van der Waals surface area contributed by atoms with Crippen molar-refractivity contribution in [2.45, 2.75) is 19.1 Å². The Kier molecular flexibility index (Phi) is 4.27. The van der Waals surface area contributed by atoms with Gasteiger partial charge in [0, 0.05) is 13.1 Å². The van der Waals surface area contributed by atoms with Crippen LogP contribution in [-0.2, 0) is 4.74 Å². The molecule has 1 amide bonds. The highest BCUT2D eigenvalue weighted by molar-refractivity contribution is 6.18. The molecule has 1 aromatic rings. The van der Waals surface area contributed by atoms with E-state index in [1.54, 1.807) is 0 Å². The molecule has 4 nitrogen and oxygen atoms in total. The van der Waals surface area contributed by atoms with Crippen molar-refractivity contribution in [1.29, 1.82) is 0 Å². The number of amides is 1. The predicted octanol–water partition coefficient (Wildman–Crippen LogP) is 2.00. The van der Waals surface area contributed by atoms with Crippen molar-refractivity contribution in [3.8, 4) is 5.75 Å². The first kappa shape index (κ1) is 14.1. The number of rotatable bonds is 2. The Morgan fingerprint density at radius 3 is 2.95 bits per heavy atom. The van der Waals surface area contributed by atoms with Crippen LogP contribution in [0.4, 0.5) is 4.39 Å². The van der Waals surface area contributed by atoms with E-state index in [-0.39, 0.29) is 29.4 Å². The number of nitrogens with zero attached hydrogens (tertiary/aromatic N) is 1. The number of alkyl halides is 1. The Labute approximate surface area is 115 Å². The van der Waals surface area contributed by atoms with E-state index >= 15 is 0 Å². The fraction of sp³-hybridized carbons (Fsp3) is 0.462. The van der Waals surface area contributed by atoms with Gasteiger partial charge in [0.2, 0.25) is 0 Å². The summed E-state index contributed by atoms with van der Waals surface area (Å²) in [5.41, 5.74) is -0.301. The van der Waals surface area contributed by atoms with E-state index in [0.717, 1.165) is 6.07 Å².